The summed E-state index contributed by atoms with van der Waals surface area (Å²) in [6, 6.07) is 15.6. The summed E-state index contributed by atoms with van der Waals surface area (Å²) in [7, 11) is 0. The Morgan fingerprint density at radius 2 is 1.65 bits per heavy atom. The standard InChI is InChI=1S/C16H17N3O/c17-14-7-3-4-8-15(14)18-16(20)11-19-9-12-5-1-2-6-13(12)10-19/h1-8H,9-11,17H2,(H,18,20). The third-order valence-electron chi connectivity index (χ3n) is 3.51. The zero-order valence-corrected chi connectivity index (χ0v) is 11.2. The predicted molar refractivity (Wildman–Crippen MR) is 80.0 cm³/mol. The highest BCUT2D eigenvalue weighted by atomic mass is 16.2. The summed E-state index contributed by atoms with van der Waals surface area (Å²) in [6.45, 7) is 2.03. The summed E-state index contributed by atoms with van der Waals surface area (Å²) in [5.74, 6) is -0.0318. The van der Waals surface area contributed by atoms with Crippen LogP contribution in [0.25, 0.3) is 0 Å². The molecule has 0 saturated carbocycles. The van der Waals surface area contributed by atoms with E-state index < -0.39 is 0 Å². The lowest BCUT2D eigenvalue weighted by atomic mass is 10.1. The van der Waals surface area contributed by atoms with Gasteiger partial charge in [0.15, 0.2) is 0 Å². The lowest BCUT2D eigenvalue weighted by Crippen LogP contribution is -2.29. The second kappa shape index (κ2) is 5.35. The van der Waals surface area contributed by atoms with Gasteiger partial charge in [0.1, 0.15) is 0 Å². The van der Waals surface area contributed by atoms with E-state index in [0.29, 0.717) is 17.9 Å². The van der Waals surface area contributed by atoms with Gasteiger partial charge in [-0.2, -0.15) is 0 Å². The van der Waals surface area contributed by atoms with E-state index >= 15 is 0 Å². The maximum absolute atomic E-state index is 12.1. The molecule has 0 saturated heterocycles. The van der Waals surface area contributed by atoms with Gasteiger partial charge in [-0.1, -0.05) is 36.4 Å². The molecule has 1 aliphatic heterocycles. The number of para-hydroxylation sites is 2. The molecule has 0 spiro atoms. The fourth-order valence-electron chi connectivity index (χ4n) is 2.52. The fraction of sp³-hybridized carbons (Fsp3) is 0.188. The molecular formula is C16H17N3O. The van der Waals surface area contributed by atoms with Crippen molar-refractivity contribution in [1.29, 1.82) is 0 Å². The van der Waals surface area contributed by atoms with Crippen LogP contribution in [0, 0.1) is 0 Å². The van der Waals surface area contributed by atoms with Gasteiger partial charge in [0.25, 0.3) is 0 Å². The van der Waals surface area contributed by atoms with Crippen molar-refractivity contribution < 1.29 is 4.79 Å². The summed E-state index contributed by atoms with van der Waals surface area (Å²) in [5, 5.41) is 2.86. The molecule has 0 unspecified atom stereocenters. The van der Waals surface area contributed by atoms with E-state index in [0.717, 1.165) is 13.1 Å². The van der Waals surface area contributed by atoms with Gasteiger partial charge in [0, 0.05) is 13.1 Å². The zero-order chi connectivity index (χ0) is 13.9. The monoisotopic (exact) mass is 267 g/mol. The number of nitrogens with two attached hydrogens (primary N) is 1. The summed E-state index contributed by atoms with van der Waals surface area (Å²) in [5.41, 5.74) is 9.69. The maximum Gasteiger partial charge on any atom is 0.238 e. The van der Waals surface area contributed by atoms with Crippen LogP contribution in [0.2, 0.25) is 0 Å². The second-order valence-corrected chi connectivity index (χ2v) is 5.05. The average Bonchev–Trinajstić information content (AvgIpc) is 2.83. The van der Waals surface area contributed by atoms with Gasteiger partial charge in [0.2, 0.25) is 5.91 Å². The number of carbonyl (C=O) groups excluding carboxylic acids is 1. The first-order valence-electron chi connectivity index (χ1n) is 6.66. The molecule has 0 aromatic heterocycles. The predicted octanol–water partition coefficient (Wildman–Crippen LogP) is 2.22. The molecule has 0 radical (unpaired) electrons. The summed E-state index contributed by atoms with van der Waals surface area (Å²) in [4.78, 5) is 14.2. The van der Waals surface area contributed by atoms with E-state index in [2.05, 4.69) is 22.3 Å². The third-order valence-corrected chi connectivity index (χ3v) is 3.51. The summed E-state index contributed by atoms with van der Waals surface area (Å²) < 4.78 is 0. The molecule has 1 amide bonds. The summed E-state index contributed by atoms with van der Waals surface area (Å²) >= 11 is 0. The highest BCUT2D eigenvalue weighted by Gasteiger charge is 2.20. The molecule has 2 aromatic rings. The van der Waals surface area contributed by atoms with E-state index in [4.69, 9.17) is 5.73 Å². The van der Waals surface area contributed by atoms with Crippen molar-refractivity contribution in [1.82, 2.24) is 4.90 Å². The summed E-state index contributed by atoms with van der Waals surface area (Å²) in [6.07, 6.45) is 0. The molecule has 3 N–H and O–H groups in total. The van der Waals surface area contributed by atoms with Crippen LogP contribution in [0.5, 0.6) is 0 Å². The SMILES string of the molecule is Nc1ccccc1NC(=O)CN1Cc2ccccc2C1. The lowest BCUT2D eigenvalue weighted by molar-refractivity contribution is -0.117. The Morgan fingerprint density at radius 1 is 1.05 bits per heavy atom. The van der Waals surface area contributed by atoms with Crippen molar-refractivity contribution in [3.63, 3.8) is 0 Å². The Kier molecular flexibility index (Phi) is 3.39. The molecular weight excluding hydrogens is 250 g/mol. The molecule has 0 fully saturated rings. The van der Waals surface area contributed by atoms with Gasteiger partial charge >= 0.3 is 0 Å². The minimum Gasteiger partial charge on any atom is -0.397 e. The van der Waals surface area contributed by atoms with Crippen LogP contribution >= 0.6 is 0 Å². The molecule has 2 aromatic carbocycles. The Hall–Kier alpha value is -2.33. The van der Waals surface area contributed by atoms with Gasteiger partial charge in [-0.15, -0.1) is 0 Å². The van der Waals surface area contributed by atoms with E-state index in [9.17, 15) is 4.79 Å². The van der Waals surface area contributed by atoms with E-state index in [1.54, 1.807) is 6.07 Å². The normalized spacial score (nSPS) is 14.0. The first-order valence-corrected chi connectivity index (χ1v) is 6.66. The van der Waals surface area contributed by atoms with Gasteiger partial charge in [0.05, 0.1) is 17.9 Å². The van der Waals surface area contributed by atoms with Crippen LogP contribution in [-0.4, -0.2) is 17.4 Å². The number of benzene rings is 2. The zero-order valence-electron chi connectivity index (χ0n) is 11.2. The number of carbonyl (C=O) groups is 1. The van der Waals surface area contributed by atoms with Gasteiger partial charge < -0.3 is 11.1 Å². The Balaban J connectivity index is 1.60. The molecule has 0 aliphatic carbocycles. The number of hydrogen-bond acceptors (Lipinski definition) is 3. The van der Waals surface area contributed by atoms with Crippen molar-refractivity contribution in [2.75, 3.05) is 17.6 Å². The van der Waals surface area contributed by atoms with E-state index in [1.807, 2.05) is 30.3 Å². The Labute approximate surface area is 118 Å². The van der Waals surface area contributed by atoms with Crippen LogP contribution in [0.1, 0.15) is 11.1 Å². The maximum atomic E-state index is 12.1. The average molecular weight is 267 g/mol. The van der Waals surface area contributed by atoms with Crippen LogP contribution in [0.15, 0.2) is 48.5 Å². The van der Waals surface area contributed by atoms with Gasteiger partial charge in [-0.05, 0) is 23.3 Å². The molecule has 4 nitrogen and oxygen atoms in total. The Morgan fingerprint density at radius 3 is 2.30 bits per heavy atom. The molecule has 0 atom stereocenters. The third kappa shape index (κ3) is 2.65. The highest BCUT2D eigenvalue weighted by molar-refractivity contribution is 5.95. The minimum absolute atomic E-state index is 0.0318. The number of nitrogens with zero attached hydrogens (tertiary/aromatic N) is 1. The van der Waals surface area contributed by atoms with E-state index in [1.165, 1.54) is 11.1 Å². The van der Waals surface area contributed by atoms with Crippen molar-refractivity contribution in [2.45, 2.75) is 13.1 Å². The van der Waals surface area contributed by atoms with Crippen LogP contribution in [-0.2, 0) is 17.9 Å². The number of fused-ring (bicyclic) bond motifs is 1. The van der Waals surface area contributed by atoms with Gasteiger partial charge in [-0.3, -0.25) is 9.69 Å². The first kappa shape index (κ1) is 12.7. The van der Waals surface area contributed by atoms with E-state index in [-0.39, 0.29) is 5.91 Å². The molecule has 3 rings (SSSR count). The number of rotatable bonds is 3. The molecule has 0 bridgehead atoms. The quantitative estimate of drug-likeness (QED) is 0.838. The van der Waals surface area contributed by atoms with Crippen LogP contribution < -0.4 is 11.1 Å². The molecule has 4 heteroatoms. The molecule has 102 valence electrons. The van der Waals surface area contributed by atoms with Crippen molar-refractivity contribution >= 4 is 17.3 Å². The smallest absolute Gasteiger partial charge is 0.238 e. The van der Waals surface area contributed by atoms with Crippen molar-refractivity contribution in [3.05, 3.63) is 59.7 Å². The topological polar surface area (TPSA) is 58.4 Å². The largest absolute Gasteiger partial charge is 0.397 e. The second-order valence-electron chi connectivity index (χ2n) is 5.05. The molecule has 1 aliphatic rings. The number of nitrogen functional groups attached to an aromatic ring is 1. The minimum atomic E-state index is -0.0318. The fourth-order valence-corrected chi connectivity index (χ4v) is 2.52. The van der Waals surface area contributed by atoms with Crippen molar-refractivity contribution in [3.8, 4) is 0 Å². The number of anilines is 2. The highest BCUT2D eigenvalue weighted by Crippen LogP contribution is 2.22. The Bertz CT molecular complexity index is 614. The molecule has 20 heavy (non-hydrogen) atoms. The number of amides is 1. The van der Waals surface area contributed by atoms with Gasteiger partial charge in [-0.25, -0.2) is 0 Å². The molecule has 1 heterocycles. The number of hydrogen-bond donors (Lipinski definition) is 2. The lowest BCUT2D eigenvalue weighted by Gasteiger charge is -2.15. The van der Waals surface area contributed by atoms with Crippen molar-refractivity contribution in [2.24, 2.45) is 0 Å². The number of nitrogens with one attached hydrogen (secondary N) is 1. The van der Waals surface area contributed by atoms with Crippen LogP contribution in [0.3, 0.4) is 0 Å². The van der Waals surface area contributed by atoms with Crippen LogP contribution in [0.4, 0.5) is 11.4 Å². The first-order chi connectivity index (χ1) is 9.72.